The summed E-state index contributed by atoms with van der Waals surface area (Å²) in [6.45, 7) is 5.20. The molecule has 0 aliphatic carbocycles. The Hall–Kier alpha value is -2.81. The lowest BCUT2D eigenvalue weighted by Gasteiger charge is -2.09. The molecule has 0 saturated carbocycles. The van der Waals surface area contributed by atoms with E-state index in [9.17, 15) is 0 Å². The van der Waals surface area contributed by atoms with Crippen LogP contribution in [0.1, 0.15) is 42.2 Å². The molecule has 0 spiro atoms. The molecule has 4 aromatic rings. The Morgan fingerprint density at radius 1 is 1.04 bits per heavy atom. The van der Waals surface area contributed by atoms with Crippen LogP contribution >= 0.6 is 0 Å². The number of aryl methyl sites for hydroxylation is 1. The molecule has 0 aliphatic heterocycles. The normalized spacial score (nSPS) is 12.5. The number of fused-ring (bicyclic) bond motifs is 1. The van der Waals surface area contributed by atoms with Gasteiger partial charge in [-0.25, -0.2) is 0 Å². The van der Waals surface area contributed by atoms with Crippen molar-refractivity contribution >= 4 is 11.0 Å². The van der Waals surface area contributed by atoms with Gasteiger partial charge in [-0.15, -0.1) is 0 Å². The molecule has 2 heterocycles. The van der Waals surface area contributed by atoms with Gasteiger partial charge in [-0.3, -0.25) is 4.68 Å². The Morgan fingerprint density at radius 2 is 1.88 bits per heavy atom. The first-order chi connectivity index (χ1) is 12.7. The van der Waals surface area contributed by atoms with Gasteiger partial charge in [0, 0.05) is 18.0 Å². The van der Waals surface area contributed by atoms with E-state index in [1.54, 1.807) is 0 Å². The Balaban J connectivity index is 1.47. The zero-order chi connectivity index (χ0) is 17.9. The molecular formula is C23H24N2O. The summed E-state index contributed by atoms with van der Waals surface area (Å²) in [5, 5.41) is 5.74. The van der Waals surface area contributed by atoms with Gasteiger partial charge in [-0.1, -0.05) is 50.2 Å². The van der Waals surface area contributed by atoms with Crippen LogP contribution in [0.5, 0.6) is 0 Å². The van der Waals surface area contributed by atoms with Crippen molar-refractivity contribution in [3.05, 3.63) is 89.4 Å². The van der Waals surface area contributed by atoms with Gasteiger partial charge in [0.25, 0.3) is 0 Å². The SMILES string of the molecule is CCc1cc2cc(CC(C)c3cnn(Cc4ccccc4)c3)ccc2o1. The highest BCUT2D eigenvalue weighted by Crippen LogP contribution is 2.25. The van der Waals surface area contributed by atoms with E-state index < -0.39 is 0 Å². The van der Waals surface area contributed by atoms with Gasteiger partial charge in [-0.2, -0.15) is 5.10 Å². The van der Waals surface area contributed by atoms with Crippen LogP contribution in [0, 0.1) is 0 Å². The summed E-state index contributed by atoms with van der Waals surface area (Å²) in [6.07, 6.45) is 6.10. The summed E-state index contributed by atoms with van der Waals surface area (Å²) < 4.78 is 7.83. The van der Waals surface area contributed by atoms with E-state index in [1.165, 1.54) is 22.1 Å². The highest BCUT2D eigenvalue weighted by Gasteiger charge is 2.11. The van der Waals surface area contributed by atoms with E-state index in [1.807, 2.05) is 16.9 Å². The number of benzene rings is 2. The average molecular weight is 344 g/mol. The molecule has 1 atom stereocenters. The van der Waals surface area contributed by atoms with Crippen LogP contribution < -0.4 is 0 Å². The fourth-order valence-corrected chi connectivity index (χ4v) is 3.41. The van der Waals surface area contributed by atoms with Gasteiger partial charge < -0.3 is 4.42 Å². The minimum atomic E-state index is 0.425. The molecule has 4 rings (SSSR count). The molecule has 1 unspecified atom stereocenters. The maximum atomic E-state index is 5.81. The number of rotatable bonds is 6. The van der Waals surface area contributed by atoms with E-state index in [2.05, 4.69) is 73.7 Å². The number of hydrogen-bond donors (Lipinski definition) is 0. The zero-order valence-electron chi connectivity index (χ0n) is 15.4. The molecule has 0 radical (unpaired) electrons. The van der Waals surface area contributed by atoms with Crippen molar-refractivity contribution in [2.75, 3.05) is 0 Å². The van der Waals surface area contributed by atoms with Crippen LogP contribution in [0.4, 0.5) is 0 Å². The van der Waals surface area contributed by atoms with Gasteiger partial charge >= 0.3 is 0 Å². The Morgan fingerprint density at radius 3 is 2.69 bits per heavy atom. The Bertz CT molecular complexity index is 997. The predicted octanol–water partition coefficient (Wildman–Crippen LogP) is 5.59. The van der Waals surface area contributed by atoms with Crippen LogP contribution in [0.15, 0.2) is 71.4 Å². The van der Waals surface area contributed by atoms with Gasteiger partial charge in [0.1, 0.15) is 11.3 Å². The Labute approximate surface area is 154 Å². The number of furan rings is 1. The minimum absolute atomic E-state index is 0.425. The number of aromatic nitrogens is 2. The molecule has 0 bridgehead atoms. The molecule has 0 saturated heterocycles. The first-order valence-corrected chi connectivity index (χ1v) is 9.29. The maximum Gasteiger partial charge on any atom is 0.134 e. The molecule has 2 aromatic heterocycles. The fourth-order valence-electron chi connectivity index (χ4n) is 3.41. The largest absolute Gasteiger partial charge is 0.461 e. The summed E-state index contributed by atoms with van der Waals surface area (Å²) in [5.41, 5.74) is 4.87. The number of nitrogens with zero attached hydrogens (tertiary/aromatic N) is 2. The summed E-state index contributed by atoms with van der Waals surface area (Å²) >= 11 is 0. The van der Waals surface area contributed by atoms with Crippen LogP contribution in [-0.4, -0.2) is 9.78 Å². The van der Waals surface area contributed by atoms with Crippen molar-refractivity contribution in [1.82, 2.24) is 9.78 Å². The van der Waals surface area contributed by atoms with E-state index >= 15 is 0 Å². The second-order valence-corrected chi connectivity index (χ2v) is 7.00. The topological polar surface area (TPSA) is 31.0 Å². The van der Waals surface area contributed by atoms with E-state index in [0.29, 0.717) is 5.92 Å². The molecule has 3 heteroatoms. The lowest BCUT2D eigenvalue weighted by molar-refractivity contribution is 0.557. The summed E-state index contributed by atoms with van der Waals surface area (Å²) in [7, 11) is 0. The van der Waals surface area contributed by atoms with Crippen LogP contribution in [0.2, 0.25) is 0 Å². The van der Waals surface area contributed by atoms with Crippen molar-refractivity contribution in [3.63, 3.8) is 0 Å². The third-order valence-electron chi connectivity index (χ3n) is 4.93. The van der Waals surface area contributed by atoms with Crippen LogP contribution in [-0.2, 0) is 19.4 Å². The molecule has 26 heavy (non-hydrogen) atoms. The van der Waals surface area contributed by atoms with Crippen LogP contribution in [0.25, 0.3) is 11.0 Å². The highest BCUT2D eigenvalue weighted by molar-refractivity contribution is 5.78. The lowest BCUT2D eigenvalue weighted by Crippen LogP contribution is -2.00. The second-order valence-electron chi connectivity index (χ2n) is 7.00. The quantitative estimate of drug-likeness (QED) is 0.457. The van der Waals surface area contributed by atoms with E-state index in [4.69, 9.17) is 4.42 Å². The third kappa shape index (κ3) is 3.57. The summed E-state index contributed by atoms with van der Waals surface area (Å²) in [5.74, 6) is 1.47. The van der Waals surface area contributed by atoms with E-state index in [0.717, 1.165) is 30.7 Å². The molecule has 0 aliphatic rings. The van der Waals surface area contributed by atoms with Gasteiger partial charge in [-0.05, 0) is 47.2 Å². The zero-order valence-corrected chi connectivity index (χ0v) is 15.4. The minimum Gasteiger partial charge on any atom is -0.461 e. The van der Waals surface area contributed by atoms with Gasteiger partial charge in [0.2, 0.25) is 0 Å². The molecule has 0 fully saturated rings. The highest BCUT2D eigenvalue weighted by atomic mass is 16.3. The fraction of sp³-hybridized carbons (Fsp3) is 0.261. The maximum absolute atomic E-state index is 5.81. The first-order valence-electron chi connectivity index (χ1n) is 9.29. The van der Waals surface area contributed by atoms with Crippen molar-refractivity contribution in [1.29, 1.82) is 0 Å². The smallest absolute Gasteiger partial charge is 0.134 e. The average Bonchev–Trinajstić information content (AvgIpc) is 3.28. The molecule has 132 valence electrons. The first kappa shape index (κ1) is 16.6. The van der Waals surface area contributed by atoms with Crippen molar-refractivity contribution in [2.24, 2.45) is 0 Å². The third-order valence-corrected chi connectivity index (χ3v) is 4.93. The summed E-state index contributed by atoms with van der Waals surface area (Å²) in [4.78, 5) is 0. The van der Waals surface area contributed by atoms with Crippen molar-refractivity contribution < 1.29 is 4.42 Å². The lowest BCUT2D eigenvalue weighted by atomic mass is 9.95. The molecule has 3 nitrogen and oxygen atoms in total. The van der Waals surface area contributed by atoms with Crippen LogP contribution in [0.3, 0.4) is 0 Å². The summed E-state index contributed by atoms with van der Waals surface area (Å²) in [6, 6.07) is 19.1. The predicted molar refractivity (Wildman–Crippen MR) is 105 cm³/mol. The van der Waals surface area contributed by atoms with Crippen molar-refractivity contribution in [3.8, 4) is 0 Å². The van der Waals surface area contributed by atoms with Gasteiger partial charge in [0.05, 0.1) is 12.7 Å². The standard InChI is InChI=1S/C23H24N2O/c1-3-22-13-20-12-19(9-10-23(20)26-22)11-17(2)21-14-24-25(16-21)15-18-7-5-4-6-8-18/h4-10,12-14,16-17H,3,11,15H2,1-2H3. The molecule has 0 N–H and O–H groups in total. The van der Waals surface area contributed by atoms with Crippen molar-refractivity contribution in [2.45, 2.75) is 39.2 Å². The second kappa shape index (κ2) is 7.20. The Kier molecular flexibility index (Phi) is 4.61. The van der Waals surface area contributed by atoms with Gasteiger partial charge in [0.15, 0.2) is 0 Å². The molecular weight excluding hydrogens is 320 g/mol. The number of hydrogen-bond acceptors (Lipinski definition) is 2. The monoisotopic (exact) mass is 344 g/mol. The molecule has 2 aromatic carbocycles. The molecule has 0 amide bonds. The van der Waals surface area contributed by atoms with E-state index in [-0.39, 0.29) is 0 Å².